The van der Waals surface area contributed by atoms with Gasteiger partial charge in [-0.25, -0.2) is 0 Å². The zero-order valence-corrected chi connectivity index (χ0v) is 21.0. The number of aryl methyl sites for hydroxylation is 1. The largest absolute Gasteiger partial charge is 0.493 e. The van der Waals surface area contributed by atoms with Crippen LogP contribution in [0.15, 0.2) is 36.4 Å². The number of nitriles is 1. The van der Waals surface area contributed by atoms with E-state index in [-0.39, 0.29) is 29.1 Å². The summed E-state index contributed by atoms with van der Waals surface area (Å²) < 4.78 is 12.0. The molecule has 0 bridgehead atoms. The highest BCUT2D eigenvalue weighted by Gasteiger charge is 2.67. The van der Waals surface area contributed by atoms with E-state index in [1.165, 1.54) is 0 Å². The minimum absolute atomic E-state index is 0.0315. The summed E-state index contributed by atoms with van der Waals surface area (Å²) >= 11 is 2.30. The van der Waals surface area contributed by atoms with Gasteiger partial charge in [0.15, 0.2) is 0 Å². The summed E-state index contributed by atoms with van der Waals surface area (Å²) in [7, 11) is 0. The van der Waals surface area contributed by atoms with E-state index in [9.17, 15) is 14.9 Å². The summed E-state index contributed by atoms with van der Waals surface area (Å²) in [5.74, 6) is 0.658. The van der Waals surface area contributed by atoms with Crippen molar-refractivity contribution in [2.75, 3.05) is 18.5 Å². The third kappa shape index (κ3) is 4.58. The predicted molar refractivity (Wildman–Crippen MR) is 133 cm³/mol. The zero-order chi connectivity index (χ0) is 23.6. The molecule has 1 heterocycles. The van der Waals surface area contributed by atoms with E-state index < -0.39 is 0 Å². The fourth-order valence-electron chi connectivity index (χ4n) is 5.19. The van der Waals surface area contributed by atoms with Gasteiger partial charge in [0.1, 0.15) is 5.75 Å². The lowest BCUT2D eigenvalue weighted by Crippen LogP contribution is -2.27. The van der Waals surface area contributed by atoms with Crippen molar-refractivity contribution in [1.29, 1.82) is 5.26 Å². The number of amides is 1. The van der Waals surface area contributed by atoms with Crippen LogP contribution in [0.2, 0.25) is 0 Å². The van der Waals surface area contributed by atoms with E-state index in [1.54, 1.807) is 19.1 Å². The number of carbonyl (C=O) groups excluding carboxylic acids is 2. The van der Waals surface area contributed by atoms with Crippen LogP contribution < -0.4 is 10.1 Å². The molecular formula is C26H27IN2O4. The molecule has 2 aromatic carbocycles. The Labute approximate surface area is 207 Å². The summed E-state index contributed by atoms with van der Waals surface area (Å²) in [6, 6.07) is 13.6. The number of fused-ring (bicyclic) bond motifs is 2. The molecule has 2 aliphatic rings. The molecule has 0 aromatic heterocycles. The van der Waals surface area contributed by atoms with Crippen molar-refractivity contribution in [3.63, 3.8) is 0 Å². The second kappa shape index (κ2) is 9.72. The van der Waals surface area contributed by atoms with Crippen molar-refractivity contribution in [3.05, 3.63) is 56.7 Å². The maximum atomic E-state index is 13.5. The van der Waals surface area contributed by atoms with Gasteiger partial charge in [0.05, 0.1) is 30.8 Å². The van der Waals surface area contributed by atoms with Crippen LogP contribution in [0, 0.1) is 26.7 Å². The van der Waals surface area contributed by atoms with E-state index in [1.807, 2.05) is 18.2 Å². The second-order valence-electron chi connectivity index (χ2n) is 8.68. The molecule has 0 radical (unpaired) electrons. The Morgan fingerprint density at radius 1 is 1.30 bits per heavy atom. The van der Waals surface area contributed by atoms with E-state index in [0.717, 1.165) is 26.9 Å². The van der Waals surface area contributed by atoms with Crippen LogP contribution in [0.5, 0.6) is 5.75 Å². The van der Waals surface area contributed by atoms with Gasteiger partial charge in [-0.1, -0.05) is 13.0 Å². The summed E-state index contributed by atoms with van der Waals surface area (Å²) in [5.41, 5.74) is 2.95. The van der Waals surface area contributed by atoms with Gasteiger partial charge in [-0.3, -0.25) is 9.59 Å². The van der Waals surface area contributed by atoms with Crippen molar-refractivity contribution in [3.8, 4) is 11.8 Å². The number of rotatable bonds is 7. The summed E-state index contributed by atoms with van der Waals surface area (Å²) in [6.07, 6.45) is 2.35. The molecule has 2 aromatic rings. The molecule has 0 unspecified atom stereocenters. The lowest BCUT2D eigenvalue weighted by molar-refractivity contribution is -0.143. The van der Waals surface area contributed by atoms with Gasteiger partial charge in [0.2, 0.25) is 5.91 Å². The van der Waals surface area contributed by atoms with Crippen molar-refractivity contribution in [1.82, 2.24) is 0 Å². The maximum absolute atomic E-state index is 13.5. The average molecular weight is 558 g/mol. The molecule has 1 aliphatic carbocycles. The first-order valence-corrected chi connectivity index (χ1v) is 12.4. The lowest BCUT2D eigenvalue weighted by atomic mass is 9.86. The third-order valence-electron chi connectivity index (χ3n) is 6.89. The Bertz CT molecular complexity index is 1130. The molecule has 1 aliphatic heterocycles. The highest BCUT2D eigenvalue weighted by atomic mass is 127. The van der Waals surface area contributed by atoms with Crippen molar-refractivity contribution < 1.29 is 19.1 Å². The van der Waals surface area contributed by atoms with Gasteiger partial charge in [-0.05, 0) is 90.6 Å². The van der Waals surface area contributed by atoms with Crippen LogP contribution >= 0.6 is 22.6 Å². The van der Waals surface area contributed by atoms with Crippen LogP contribution in [0.1, 0.15) is 49.8 Å². The van der Waals surface area contributed by atoms with E-state index in [4.69, 9.17) is 9.47 Å². The Morgan fingerprint density at radius 2 is 2.12 bits per heavy atom. The van der Waals surface area contributed by atoms with Crippen LogP contribution in [0.25, 0.3) is 0 Å². The number of esters is 1. The molecular weight excluding hydrogens is 531 g/mol. The number of nitrogens with zero attached hydrogens (tertiary/aromatic N) is 1. The normalized spacial score (nSPS) is 22.6. The molecule has 0 saturated heterocycles. The Hall–Kier alpha value is -2.60. The van der Waals surface area contributed by atoms with Gasteiger partial charge in [-0.15, -0.1) is 0 Å². The minimum Gasteiger partial charge on any atom is -0.493 e. The fourth-order valence-corrected chi connectivity index (χ4v) is 5.68. The number of hydrogen-bond donors (Lipinski definition) is 1. The van der Waals surface area contributed by atoms with E-state index in [0.29, 0.717) is 43.7 Å². The number of ether oxygens (including phenoxy) is 2. The van der Waals surface area contributed by atoms with Crippen molar-refractivity contribution in [2.45, 2.75) is 44.9 Å². The first-order chi connectivity index (χ1) is 15.9. The number of halogens is 1. The number of nitrogens with one attached hydrogen (secondary N) is 1. The molecule has 1 amide bonds. The molecule has 33 heavy (non-hydrogen) atoms. The molecule has 172 valence electrons. The first-order valence-electron chi connectivity index (χ1n) is 11.3. The second-order valence-corrected chi connectivity index (χ2v) is 9.92. The monoisotopic (exact) mass is 558 g/mol. The highest BCUT2D eigenvalue weighted by Crippen LogP contribution is 2.65. The maximum Gasteiger partial charge on any atom is 0.305 e. The molecule has 3 atom stereocenters. The highest BCUT2D eigenvalue weighted by molar-refractivity contribution is 14.1. The molecule has 4 rings (SSSR count). The number of hydrogen-bond acceptors (Lipinski definition) is 5. The van der Waals surface area contributed by atoms with Gasteiger partial charge in [0, 0.05) is 26.7 Å². The molecule has 1 fully saturated rings. The quantitative estimate of drug-likeness (QED) is 0.383. The van der Waals surface area contributed by atoms with Crippen molar-refractivity contribution >= 4 is 40.2 Å². The number of benzene rings is 2. The van der Waals surface area contributed by atoms with E-state index >= 15 is 0 Å². The zero-order valence-electron chi connectivity index (χ0n) is 18.8. The van der Waals surface area contributed by atoms with Gasteiger partial charge < -0.3 is 14.8 Å². The summed E-state index contributed by atoms with van der Waals surface area (Å²) in [6.45, 7) is 4.89. The minimum atomic E-state index is -0.224. The number of carbonyl (C=O) groups is 2. The SMILES string of the molecule is CCOC(=O)CCCc1ccc(C#N)cc1NC(=O)[C@@H]1[C@H](C)[C@]12CCOc1ccc(I)cc12. The molecule has 1 N–H and O–H groups in total. The van der Waals surface area contributed by atoms with Crippen molar-refractivity contribution in [2.24, 2.45) is 11.8 Å². The van der Waals surface area contributed by atoms with Gasteiger partial charge in [0.25, 0.3) is 0 Å². The first kappa shape index (κ1) is 23.6. The smallest absolute Gasteiger partial charge is 0.305 e. The van der Waals surface area contributed by atoms with Crippen LogP contribution in [0.4, 0.5) is 5.69 Å². The fraction of sp³-hybridized carbons (Fsp3) is 0.423. The van der Waals surface area contributed by atoms with Gasteiger partial charge >= 0.3 is 5.97 Å². The summed E-state index contributed by atoms with van der Waals surface area (Å²) in [5, 5.41) is 12.5. The number of anilines is 1. The Balaban J connectivity index is 1.53. The third-order valence-corrected chi connectivity index (χ3v) is 7.56. The van der Waals surface area contributed by atoms with Gasteiger partial charge in [-0.2, -0.15) is 5.26 Å². The van der Waals surface area contributed by atoms with E-state index in [2.05, 4.69) is 47.0 Å². The van der Waals surface area contributed by atoms with Crippen LogP contribution in [-0.2, 0) is 26.2 Å². The molecule has 6 nitrogen and oxygen atoms in total. The summed E-state index contributed by atoms with van der Waals surface area (Å²) in [4.78, 5) is 25.1. The Morgan fingerprint density at radius 3 is 2.88 bits per heavy atom. The standard InChI is InChI=1S/C26H27IN2O4/c1-3-32-23(30)6-4-5-18-8-7-17(15-28)13-21(18)29-25(31)24-16(2)26(24)11-12-33-22-10-9-19(27)14-20(22)26/h7-10,13-14,16,24H,3-6,11-12H2,1-2H3,(H,29,31)/t16-,24-,26-/m0/s1. The topological polar surface area (TPSA) is 88.4 Å². The molecule has 1 saturated carbocycles. The molecule has 7 heteroatoms. The lowest BCUT2D eigenvalue weighted by Gasteiger charge is -2.27. The Kier molecular flexibility index (Phi) is 6.94. The van der Waals surface area contributed by atoms with Crippen LogP contribution in [0.3, 0.4) is 0 Å². The van der Waals surface area contributed by atoms with Crippen LogP contribution in [-0.4, -0.2) is 25.1 Å². The predicted octanol–water partition coefficient (Wildman–Crippen LogP) is 4.97. The average Bonchev–Trinajstić information content (AvgIpc) is 3.38. The molecule has 1 spiro atoms.